The number of hydrogen-bond donors (Lipinski definition) is 2. The highest BCUT2D eigenvalue weighted by Crippen LogP contribution is 2.25. The molecule has 0 radical (unpaired) electrons. The predicted molar refractivity (Wildman–Crippen MR) is 79.3 cm³/mol. The minimum Gasteiger partial charge on any atom is -0.395 e. The number of anilines is 1. The van der Waals surface area contributed by atoms with Gasteiger partial charge in [0.15, 0.2) is 5.82 Å². The minimum absolute atomic E-state index is 0.0643. The molecule has 0 spiro atoms. The number of rotatable bonds is 4. The minimum atomic E-state index is -0.687. The molecule has 21 heavy (non-hydrogen) atoms. The van der Waals surface area contributed by atoms with Crippen LogP contribution in [-0.4, -0.2) is 35.0 Å². The first-order valence-electron chi connectivity index (χ1n) is 5.83. The number of carbonyl (C=O) groups is 2. The maximum absolute atomic E-state index is 13.8. The highest BCUT2D eigenvalue weighted by Gasteiger charge is 2.31. The second-order valence-electron chi connectivity index (χ2n) is 4.10. The summed E-state index contributed by atoms with van der Waals surface area (Å²) < 4.78 is 14.1. The van der Waals surface area contributed by atoms with Crippen LogP contribution in [0, 0.1) is 20.7 Å². The second-order valence-corrected chi connectivity index (χ2v) is 5.26. The van der Waals surface area contributed by atoms with Crippen molar-refractivity contribution in [3.05, 3.63) is 38.9 Å². The van der Waals surface area contributed by atoms with E-state index in [4.69, 9.17) is 10.4 Å². The van der Waals surface area contributed by atoms with Crippen molar-refractivity contribution in [1.82, 2.24) is 4.90 Å². The third kappa shape index (κ3) is 2.88. The number of aliphatic hydroxyl groups is 1. The van der Waals surface area contributed by atoms with Crippen molar-refractivity contribution in [1.29, 1.82) is 5.26 Å². The van der Waals surface area contributed by atoms with E-state index in [9.17, 15) is 14.0 Å². The lowest BCUT2D eigenvalue weighted by Gasteiger charge is -2.14. The van der Waals surface area contributed by atoms with Crippen molar-refractivity contribution < 1.29 is 19.1 Å². The third-order valence-corrected chi connectivity index (χ3v) is 3.64. The number of aliphatic hydroxyl groups excluding tert-OH is 1. The van der Waals surface area contributed by atoms with Crippen LogP contribution in [0.1, 0.15) is 5.56 Å². The summed E-state index contributed by atoms with van der Waals surface area (Å²) in [6.07, 6.45) is 1.05. The van der Waals surface area contributed by atoms with Crippen molar-refractivity contribution in [2.45, 2.75) is 0 Å². The van der Waals surface area contributed by atoms with Crippen LogP contribution < -0.4 is 5.32 Å². The smallest absolute Gasteiger partial charge is 0.277 e. The fourth-order valence-corrected chi connectivity index (χ4v) is 2.27. The highest BCUT2D eigenvalue weighted by atomic mass is 127. The number of hydrogen-bond acceptors (Lipinski definition) is 5. The van der Waals surface area contributed by atoms with E-state index in [1.165, 1.54) is 12.1 Å². The third-order valence-electron chi connectivity index (χ3n) is 2.81. The van der Waals surface area contributed by atoms with Crippen LogP contribution >= 0.6 is 22.6 Å². The van der Waals surface area contributed by atoms with Gasteiger partial charge in [-0.15, -0.1) is 0 Å². The van der Waals surface area contributed by atoms with E-state index in [-0.39, 0.29) is 33.7 Å². The van der Waals surface area contributed by atoms with Gasteiger partial charge in [-0.1, -0.05) is 0 Å². The van der Waals surface area contributed by atoms with Crippen molar-refractivity contribution in [2.24, 2.45) is 0 Å². The summed E-state index contributed by atoms with van der Waals surface area (Å²) in [6, 6.07) is 4.63. The summed E-state index contributed by atoms with van der Waals surface area (Å²) in [4.78, 5) is 24.4. The molecule has 0 saturated carbocycles. The van der Waals surface area contributed by atoms with E-state index >= 15 is 0 Å². The molecule has 2 amide bonds. The van der Waals surface area contributed by atoms with Gasteiger partial charge in [0.1, 0.15) is 17.3 Å². The van der Waals surface area contributed by atoms with E-state index in [0.717, 1.165) is 11.0 Å². The molecule has 1 heterocycles. The van der Waals surface area contributed by atoms with Gasteiger partial charge in [0, 0.05) is 6.08 Å². The highest BCUT2D eigenvalue weighted by molar-refractivity contribution is 14.1. The SMILES string of the molecule is N#Cc1c(NC2=CC(=O)N(CCO)C2=O)ccc(I)c1F. The number of carbonyl (C=O) groups excluding carboxylic acids is 2. The van der Waals surface area contributed by atoms with Gasteiger partial charge in [0.05, 0.1) is 22.4 Å². The molecule has 0 saturated heterocycles. The molecule has 1 aliphatic heterocycles. The summed E-state index contributed by atoms with van der Waals surface area (Å²) in [5.41, 5.74) is -0.192. The molecule has 6 nitrogen and oxygen atoms in total. The number of β-amino-alcohol motifs (C(OH)–C–C–N with tert-alkyl or cyclic N) is 1. The molecule has 0 unspecified atom stereocenters. The molecule has 0 fully saturated rings. The predicted octanol–water partition coefficient (Wildman–Crippen LogP) is 0.959. The van der Waals surface area contributed by atoms with E-state index < -0.39 is 17.6 Å². The van der Waals surface area contributed by atoms with Crippen LogP contribution in [0.4, 0.5) is 10.1 Å². The first kappa shape index (κ1) is 15.4. The zero-order valence-electron chi connectivity index (χ0n) is 10.6. The molecule has 108 valence electrons. The van der Waals surface area contributed by atoms with Gasteiger partial charge in [-0.3, -0.25) is 14.5 Å². The largest absolute Gasteiger partial charge is 0.395 e. The van der Waals surface area contributed by atoms with Crippen molar-refractivity contribution >= 4 is 40.1 Å². The quantitative estimate of drug-likeness (QED) is 0.579. The molecule has 0 aliphatic carbocycles. The summed E-state index contributed by atoms with van der Waals surface area (Å²) >= 11 is 1.75. The standard InChI is InChI=1S/C13H9FIN3O3/c14-12-7(6-16)9(2-1-8(12)15)17-10-5-11(20)18(3-4-19)13(10)21/h1-2,5,17,19H,3-4H2. The van der Waals surface area contributed by atoms with Crippen LogP contribution in [0.25, 0.3) is 0 Å². The summed E-state index contributed by atoms with van der Waals surface area (Å²) in [5.74, 6) is -1.88. The van der Waals surface area contributed by atoms with Gasteiger partial charge in [0.2, 0.25) is 0 Å². The Labute approximate surface area is 133 Å². The molecule has 0 atom stereocenters. The van der Waals surface area contributed by atoms with Gasteiger partial charge in [0.25, 0.3) is 11.8 Å². The van der Waals surface area contributed by atoms with Crippen molar-refractivity contribution in [3.63, 3.8) is 0 Å². The summed E-state index contributed by atoms with van der Waals surface area (Å²) in [5, 5.41) is 20.4. The van der Waals surface area contributed by atoms with Crippen LogP contribution in [-0.2, 0) is 9.59 Å². The molecule has 1 aliphatic rings. The Kier molecular flexibility index (Phi) is 4.54. The fourth-order valence-electron chi connectivity index (χ4n) is 1.82. The Morgan fingerprint density at radius 2 is 2.14 bits per heavy atom. The van der Waals surface area contributed by atoms with Gasteiger partial charge in [-0.05, 0) is 34.7 Å². The first-order chi connectivity index (χ1) is 9.99. The van der Waals surface area contributed by atoms with Gasteiger partial charge >= 0.3 is 0 Å². The fraction of sp³-hybridized carbons (Fsp3) is 0.154. The average molecular weight is 401 g/mol. The lowest BCUT2D eigenvalue weighted by atomic mass is 10.1. The molecular weight excluding hydrogens is 392 g/mol. The molecule has 1 aromatic carbocycles. The zero-order valence-corrected chi connectivity index (χ0v) is 12.7. The molecule has 0 aromatic heterocycles. The second kappa shape index (κ2) is 6.19. The van der Waals surface area contributed by atoms with Gasteiger partial charge in [-0.2, -0.15) is 5.26 Å². The normalized spacial score (nSPS) is 14.2. The average Bonchev–Trinajstić information content (AvgIpc) is 2.71. The number of nitrogens with zero attached hydrogens (tertiary/aromatic N) is 2. The number of nitrogens with one attached hydrogen (secondary N) is 1. The number of nitriles is 1. The Balaban J connectivity index is 2.31. The Hall–Kier alpha value is -1.99. The van der Waals surface area contributed by atoms with Gasteiger partial charge in [-0.25, -0.2) is 4.39 Å². The van der Waals surface area contributed by atoms with Crippen molar-refractivity contribution in [3.8, 4) is 6.07 Å². The van der Waals surface area contributed by atoms with Crippen molar-refractivity contribution in [2.75, 3.05) is 18.5 Å². The maximum Gasteiger partial charge on any atom is 0.277 e. The van der Waals surface area contributed by atoms with Crippen LogP contribution in [0.3, 0.4) is 0 Å². The lowest BCUT2D eigenvalue weighted by Crippen LogP contribution is -2.34. The zero-order chi connectivity index (χ0) is 15.6. The molecular formula is C13H9FIN3O3. The number of benzene rings is 1. The summed E-state index contributed by atoms with van der Waals surface area (Å²) in [7, 11) is 0. The molecule has 1 aromatic rings. The molecule has 2 rings (SSSR count). The Morgan fingerprint density at radius 3 is 2.76 bits per heavy atom. The van der Waals surface area contributed by atoms with E-state index in [1.54, 1.807) is 28.7 Å². The molecule has 8 heteroatoms. The van der Waals surface area contributed by atoms with Crippen LogP contribution in [0.15, 0.2) is 23.9 Å². The monoisotopic (exact) mass is 401 g/mol. The number of halogens is 2. The van der Waals surface area contributed by atoms with Crippen LogP contribution in [0.2, 0.25) is 0 Å². The maximum atomic E-state index is 13.8. The van der Waals surface area contributed by atoms with E-state index in [1.807, 2.05) is 0 Å². The Morgan fingerprint density at radius 1 is 1.43 bits per heavy atom. The molecule has 2 N–H and O–H groups in total. The number of imide groups is 1. The first-order valence-corrected chi connectivity index (χ1v) is 6.91. The van der Waals surface area contributed by atoms with Gasteiger partial charge < -0.3 is 10.4 Å². The topological polar surface area (TPSA) is 93.4 Å². The lowest BCUT2D eigenvalue weighted by molar-refractivity contribution is -0.137. The Bertz CT molecular complexity index is 697. The summed E-state index contributed by atoms with van der Waals surface area (Å²) in [6.45, 7) is -0.467. The van der Waals surface area contributed by atoms with E-state index in [2.05, 4.69) is 5.32 Å². The van der Waals surface area contributed by atoms with E-state index in [0.29, 0.717) is 0 Å². The van der Waals surface area contributed by atoms with Crippen LogP contribution in [0.5, 0.6) is 0 Å². The molecule has 0 bridgehead atoms. The number of amides is 2.